The maximum absolute atomic E-state index is 13.7. The van der Waals surface area contributed by atoms with Gasteiger partial charge in [-0.05, 0) is 19.1 Å². The lowest BCUT2D eigenvalue weighted by atomic mass is 10.2. The van der Waals surface area contributed by atoms with Crippen LogP contribution in [0.3, 0.4) is 0 Å². The Hall–Kier alpha value is -3.29. The minimum absolute atomic E-state index is 0.168. The number of rotatable bonds is 2. The molecule has 4 aromatic rings. The fourth-order valence-electron chi connectivity index (χ4n) is 2.40. The Morgan fingerprint density at radius 1 is 1.22 bits per heavy atom. The Labute approximate surface area is 129 Å². The first-order valence-corrected chi connectivity index (χ1v) is 6.88. The number of halogens is 1. The zero-order valence-corrected chi connectivity index (χ0v) is 12.1. The van der Waals surface area contributed by atoms with Gasteiger partial charge in [-0.3, -0.25) is 4.79 Å². The maximum Gasteiger partial charge on any atom is 0.310 e. The lowest BCUT2D eigenvalue weighted by molar-refractivity contribution is 0.579. The number of aromatic amines is 1. The van der Waals surface area contributed by atoms with Crippen molar-refractivity contribution in [3.8, 4) is 16.9 Å². The second-order valence-corrected chi connectivity index (χ2v) is 5.05. The minimum Gasteiger partial charge on any atom is -0.341 e. The molecule has 4 rings (SSSR count). The van der Waals surface area contributed by atoms with Gasteiger partial charge >= 0.3 is 5.56 Å². The van der Waals surface area contributed by atoms with Crippen LogP contribution >= 0.6 is 0 Å². The summed E-state index contributed by atoms with van der Waals surface area (Å²) in [5.74, 6) is -0.165. The molecule has 0 aromatic carbocycles. The summed E-state index contributed by atoms with van der Waals surface area (Å²) in [6.07, 6.45) is 6.60. The molecule has 8 heteroatoms. The lowest BCUT2D eigenvalue weighted by Crippen LogP contribution is -2.20. The van der Waals surface area contributed by atoms with Gasteiger partial charge in [0.2, 0.25) is 5.82 Å². The molecule has 7 nitrogen and oxygen atoms in total. The largest absolute Gasteiger partial charge is 0.341 e. The predicted octanol–water partition coefficient (Wildman–Crippen LogP) is 1.72. The van der Waals surface area contributed by atoms with Crippen LogP contribution in [0.5, 0.6) is 0 Å². The second-order valence-electron chi connectivity index (χ2n) is 5.05. The van der Waals surface area contributed by atoms with E-state index >= 15 is 0 Å². The van der Waals surface area contributed by atoms with E-state index in [4.69, 9.17) is 0 Å². The standard InChI is InChI=1S/C15H11FN6O/c1-9-13(16)15(23)22-14(20-9)11(7-19-22)10-6-18-21(8-10)12-4-2-3-5-17-12/h2-8,20H,1H3. The molecule has 4 heterocycles. The Morgan fingerprint density at radius 3 is 2.87 bits per heavy atom. The number of hydrogen-bond donors (Lipinski definition) is 1. The summed E-state index contributed by atoms with van der Waals surface area (Å²) in [4.78, 5) is 19.0. The van der Waals surface area contributed by atoms with Crippen molar-refractivity contribution in [1.29, 1.82) is 0 Å². The van der Waals surface area contributed by atoms with Gasteiger partial charge < -0.3 is 4.98 Å². The zero-order chi connectivity index (χ0) is 16.0. The third kappa shape index (κ3) is 2.03. The molecule has 1 N–H and O–H groups in total. The van der Waals surface area contributed by atoms with Gasteiger partial charge in [0.05, 0.1) is 18.1 Å². The minimum atomic E-state index is -0.837. The summed E-state index contributed by atoms with van der Waals surface area (Å²) < 4.78 is 16.3. The molecule has 0 amide bonds. The van der Waals surface area contributed by atoms with Gasteiger partial charge in [-0.15, -0.1) is 0 Å². The first-order chi connectivity index (χ1) is 11.1. The summed E-state index contributed by atoms with van der Waals surface area (Å²) in [5, 5.41) is 8.22. The molecule has 23 heavy (non-hydrogen) atoms. The molecule has 0 spiro atoms. The van der Waals surface area contributed by atoms with Crippen LogP contribution in [-0.4, -0.2) is 29.4 Å². The Morgan fingerprint density at radius 2 is 2.09 bits per heavy atom. The van der Waals surface area contributed by atoms with E-state index in [1.165, 1.54) is 13.1 Å². The highest BCUT2D eigenvalue weighted by molar-refractivity contribution is 5.76. The highest BCUT2D eigenvalue weighted by atomic mass is 19.1. The van der Waals surface area contributed by atoms with E-state index in [0.29, 0.717) is 17.0 Å². The van der Waals surface area contributed by atoms with Crippen LogP contribution in [0.15, 0.2) is 47.8 Å². The van der Waals surface area contributed by atoms with Crippen LogP contribution in [0.4, 0.5) is 4.39 Å². The number of aryl methyl sites for hydroxylation is 1. The molecule has 114 valence electrons. The van der Waals surface area contributed by atoms with Crippen molar-refractivity contribution in [2.45, 2.75) is 6.92 Å². The summed E-state index contributed by atoms with van der Waals surface area (Å²) >= 11 is 0. The van der Waals surface area contributed by atoms with Gasteiger partial charge in [-0.25, -0.2) is 9.67 Å². The van der Waals surface area contributed by atoms with Crippen molar-refractivity contribution in [3.63, 3.8) is 0 Å². The fourth-order valence-corrected chi connectivity index (χ4v) is 2.40. The monoisotopic (exact) mass is 310 g/mol. The predicted molar refractivity (Wildman–Crippen MR) is 80.9 cm³/mol. The highest BCUT2D eigenvalue weighted by Crippen LogP contribution is 2.23. The molecule has 0 aliphatic rings. The van der Waals surface area contributed by atoms with Crippen LogP contribution in [0.1, 0.15) is 5.69 Å². The third-order valence-corrected chi connectivity index (χ3v) is 3.56. The van der Waals surface area contributed by atoms with Crippen LogP contribution < -0.4 is 5.56 Å². The SMILES string of the molecule is Cc1[nH]c2c(-c3cnn(-c4ccccn4)c3)cnn2c(=O)c1F. The van der Waals surface area contributed by atoms with E-state index in [1.54, 1.807) is 23.3 Å². The molecule has 0 saturated heterocycles. The van der Waals surface area contributed by atoms with Gasteiger partial charge in [-0.1, -0.05) is 6.07 Å². The van der Waals surface area contributed by atoms with Gasteiger partial charge in [0, 0.05) is 23.5 Å². The molecule has 0 unspecified atom stereocenters. The van der Waals surface area contributed by atoms with Crippen molar-refractivity contribution in [2.75, 3.05) is 0 Å². The zero-order valence-electron chi connectivity index (χ0n) is 12.1. The second kappa shape index (κ2) is 4.87. The molecule has 0 fully saturated rings. The van der Waals surface area contributed by atoms with Gasteiger partial charge in [0.15, 0.2) is 5.82 Å². The smallest absolute Gasteiger partial charge is 0.310 e. The van der Waals surface area contributed by atoms with Crippen molar-refractivity contribution >= 4 is 5.65 Å². The van der Waals surface area contributed by atoms with E-state index in [2.05, 4.69) is 20.2 Å². The Bertz CT molecular complexity index is 1060. The topological polar surface area (TPSA) is 80.9 Å². The number of pyridine rings is 1. The van der Waals surface area contributed by atoms with E-state index < -0.39 is 11.4 Å². The van der Waals surface area contributed by atoms with Crippen molar-refractivity contribution in [2.24, 2.45) is 0 Å². The number of nitrogens with zero attached hydrogens (tertiary/aromatic N) is 5. The van der Waals surface area contributed by atoms with E-state index in [9.17, 15) is 9.18 Å². The first-order valence-electron chi connectivity index (χ1n) is 6.88. The van der Waals surface area contributed by atoms with Crippen LogP contribution in [0.25, 0.3) is 22.6 Å². The van der Waals surface area contributed by atoms with Crippen LogP contribution in [-0.2, 0) is 0 Å². The first kappa shape index (κ1) is 13.4. The molecule has 0 radical (unpaired) electrons. The lowest BCUT2D eigenvalue weighted by Gasteiger charge is -2.00. The number of nitrogens with one attached hydrogen (secondary N) is 1. The Balaban J connectivity index is 1.88. The van der Waals surface area contributed by atoms with Gasteiger partial charge in [-0.2, -0.15) is 19.1 Å². The van der Waals surface area contributed by atoms with Crippen LogP contribution in [0, 0.1) is 12.7 Å². The third-order valence-electron chi connectivity index (χ3n) is 3.56. The molecule has 4 aromatic heterocycles. The molecule has 0 saturated carbocycles. The summed E-state index contributed by atoms with van der Waals surface area (Å²) in [6.45, 7) is 1.50. The molecule has 0 aliphatic carbocycles. The van der Waals surface area contributed by atoms with Gasteiger partial charge in [0.25, 0.3) is 0 Å². The molecule has 0 bridgehead atoms. The fraction of sp³-hybridized carbons (Fsp3) is 0.0667. The van der Waals surface area contributed by atoms with E-state index in [-0.39, 0.29) is 5.69 Å². The van der Waals surface area contributed by atoms with E-state index in [0.717, 1.165) is 10.1 Å². The highest BCUT2D eigenvalue weighted by Gasteiger charge is 2.15. The van der Waals surface area contributed by atoms with Crippen molar-refractivity contribution in [1.82, 2.24) is 29.4 Å². The summed E-state index contributed by atoms with van der Waals surface area (Å²) in [7, 11) is 0. The van der Waals surface area contributed by atoms with Crippen molar-refractivity contribution in [3.05, 3.63) is 64.9 Å². The van der Waals surface area contributed by atoms with E-state index in [1.807, 2.05) is 18.2 Å². The summed E-state index contributed by atoms with van der Waals surface area (Å²) in [5.41, 5.74) is 1.22. The normalized spacial score (nSPS) is 11.2. The molecule has 0 aliphatic heterocycles. The van der Waals surface area contributed by atoms with Crippen molar-refractivity contribution < 1.29 is 4.39 Å². The molecular formula is C15H11FN6O. The quantitative estimate of drug-likeness (QED) is 0.611. The molecular weight excluding hydrogens is 299 g/mol. The number of hydrogen-bond acceptors (Lipinski definition) is 4. The number of fused-ring (bicyclic) bond motifs is 1. The number of aromatic nitrogens is 6. The van der Waals surface area contributed by atoms with Crippen LogP contribution in [0.2, 0.25) is 0 Å². The maximum atomic E-state index is 13.7. The van der Waals surface area contributed by atoms with Gasteiger partial charge in [0.1, 0.15) is 5.65 Å². The molecule has 0 atom stereocenters. The Kier molecular flexibility index (Phi) is 2.83. The average Bonchev–Trinajstić information content (AvgIpc) is 3.20. The summed E-state index contributed by atoms with van der Waals surface area (Å²) in [6, 6.07) is 5.51. The number of H-pyrrole nitrogens is 1. The average molecular weight is 310 g/mol.